The number of rotatable bonds is 9. The van der Waals surface area contributed by atoms with Gasteiger partial charge in [0, 0.05) is 0 Å². The average molecular weight is 335 g/mol. The molecule has 2 unspecified atom stereocenters. The molecule has 0 aromatic heterocycles. The monoisotopic (exact) mass is 334 g/mol. The highest BCUT2D eigenvalue weighted by molar-refractivity contribution is 5.35. The Labute approximate surface area is 152 Å². The highest BCUT2D eigenvalue weighted by Crippen LogP contribution is 2.45. The van der Waals surface area contributed by atoms with Crippen molar-refractivity contribution in [2.75, 3.05) is 0 Å². The number of aliphatic hydroxyl groups excluding tert-OH is 1. The van der Waals surface area contributed by atoms with Crippen LogP contribution < -0.4 is 0 Å². The molecule has 0 radical (unpaired) electrons. The van der Waals surface area contributed by atoms with E-state index in [-0.39, 0.29) is 6.10 Å². The van der Waals surface area contributed by atoms with Gasteiger partial charge in [-0.3, -0.25) is 0 Å². The molecule has 1 aliphatic carbocycles. The minimum Gasteiger partial charge on any atom is -0.389 e. The van der Waals surface area contributed by atoms with E-state index in [0.717, 1.165) is 25.7 Å². The summed E-state index contributed by atoms with van der Waals surface area (Å²) in [5.41, 5.74) is 5.62. The van der Waals surface area contributed by atoms with Crippen molar-refractivity contribution in [2.24, 2.45) is 5.92 Å². The molecule has 3 rings (SSSR count). The molecule has 0 aliphatic heterocycles. The molecule has 0 saturated heterocycles. The summed E-state index contributed by atoms with van der Waals surface area (Å²) in [6, 6.07) is 21.3. The van der Waals surface area contributed by atoms with Crippen molar-refractivity contribution in [1.29, 1.82) is 0 Å². The fraction of sp³-hybridized carbons (Fsp3) is 0.417. The zero-order valence-corrected chi connectivity index (χ0v) is 15.3. The quantitative estimate of drug-likeness (QED) is 0.581. The third kappa shape index (κ3) is 5.31. The van der Waals surface area contributed by atoms with E-state index in [4.69, 9.17) is 0 Å². The summed E-state index contributed by atoms with van der Waals surface area (Å²) in [6.07, 6.45) is 7.24. The van der Waals surface area contributed by atoms with Crippen LogP contribution in [0.5, 0.6) is 0 Å². The van der Waals surface area contributed by atoms with Gasteiger partial charge in [0.2, 0.25) is 0 Å². The van der Waals surface area contributed by atoms with Gasteiger partial charge in [0.15, 0.2) is 0 Å². The molecular formula is C24H30O. The van der Waals surface area contributed by atoms with Crippen molar-refractivity contribution in [2.45, 2.75) is 58.0 Å². The predicted octanol–water partition coefficient (Wildman–Crippen LogP) is 5.73. The van der Waals surface area contributed by atoms with Crippen molar-refractivity contribution in [3.8, 4) is 0 Å². The first kappa shape index (κ1) is 17.9. The van der Waals surface area contributed by atoms with Crippen LogP contribution >= 0.6 is 0 Å². The second-order valence-electron chi connectivity index (χ2n) is 7.28. The molecule has 1 heteroatoms. The topological polar surface area (TPSA) is 20.2 Å². The Morgan fingerprint density at radius 1 is 1.00 bits per heavy atom. The zero-order chi connectivity index (χ0) is 17.5. The summed E-state index contributed by atoms with van der Waals surface area (Å²) >= 11 is 0. The normalized spacial score (nSPS) is 19.5. The van der Waals surface area contributed by atoms with Crippen LogP contribution in [-0.4, -0.2) is 11.2 Å². The maximum absolute atomic E-state index is 10.8. The Hall–Kier alpha value is -1.86. The Morgan fingerprint density at radius 2 is 1.64 bits per heavy atom. The van der Waals surface area contributed by atoms with E-state index < -0.39 is 0 Å². The van der Waals surface area contributed by atoms with E-state index in [1.807, 2.05) is 6.07 Å². The van der Waals surface area contributed by atoms with E-state index in [1.54, 1.807) is 0 Å². The minimum absolute atomic E-state index is 0.275. The van der Waals surface area contributed by atoms with Crippen molar-refractivity contribution >= 4 is 0 Å². The summed E-state index contributed by atoms with van der Waals surface area (Å²) in [5, 5.41) is 10.8. The van der Waals surface area contributed by atoms with Gasteiger partial charge in [-0.2, -0.15) is 0 Å². The lowest BCUT2D eigenvalue weighted by atomic mass is 9.95. The molecule has 0 bridgehead atoms. The van der Waals surface area contributed by atoms with Crippen LogP contribution in [-0.2, 0) is 12.8 Å². The standard InChI is InChI=1S/C24H30O/c1-2-3-14-22(24(25)16-15-19-10-6-4-7-11-19)23-18-21(23)17-20-12-8-5-9-13-20/h4-13,21,24-25H,2-3,14-18H2,1H3/b23-22+. The van der Waals surface area contributed by atoms with Gasteiger partial charge in [-0.25, -0.2) is 0 Å². The summed E-state index contributed by atoms with van der Waals surface area (Å²) in [7, 11) is 0. The van der Waals surface area contributed by atoms with E-state index >= 15 is 0 Å². The van der Waals surface area contributed by atoms with E-state index in [2.05, 4.69) is 61.5 Å². The second kappa shape index (κ2) is 9.01. The van der Waals surface area contributed by atoms with Gasteiger partial charge in [0.1, 0.15) is 0 Å². The lowest BCUT2D eigenvalue weighted by Gasteiger charge is -2.16. The Bertz CT molecular complexity index is 672. The number of allylic oxidation sites excluding steroid dienone is 1. The first-order chi connectivity index (χ1) is 12.3. The highest BCUT2D eigenvalue weighted by Gasteiger charge is 2.34. The fourth-order valence-corrected chi connectivity index (χ4v) is 3.72. The molecule has 2 aromatic carbocycles. The van der Waals surface area contributed by atoms with Crippen LogP contribution in [0.1, 0.15) is 50.2 Å². The minimum atomic E-state index is -0.275. The summed E-state index contributed by atoms with van der Waals surface area (Å²) in [4.78, 5) is 0. The number of hydrogen-bond acceptors (Lipinski definition) is 1. The second-order valence-corrected chi connectivity index (χ2v) is 7.28. The number of unbranched alkanes of at least 4 members (excludes halogenated alkanes) is 1. The molecule has 0 spiro atoms. The molecule has 0 heterocycles. The molecule has 25 heavy (non-hydrogen) atoms. The third-order valence-corrected chi connectivity index (χ3v) is 5.29. The lowest BCUT2D eigenvalue weighted by molar-refractivity contribution is 0.195. The molecule has 2 atom stereocenters. The smallest absolute Gasteiger partial charge is 0.0756 e. The largest absolute Gasteiger partial charge is 0.389 e. The molecule has 132 valence electrons. The van der Waals surface area contributed by atoms with Crippen molar-refractivity contribution in [1.82, 2.24) is 0 Å². The van der Waals surface area contributed by atoms with Gasteiger partial charge in [-0.15, -0.1) is 0 Å². The highest BCUT2D eigenvalue weighted by atomic mass is 16.3. The van der Waals surface area contributed by atoms with Gasteiger partial charge < -0.3 is 5.11 Å². The zero-order valence-electron chi connectivity index (χ0n) is 15.3. The SMILES string of the molecule is CCCC/C(=C1/CC1Cc1ccccc1)C(O)CCc1ccccc1. The van der Waals surface area contributed by atoms with Crippen molar-refractivity contribution in [3.05, 3.63) is 82.9 Å². The number of aliphatic hydroxyl groups is 1. The fourth-order valence-electron chi connectivity index (χ4n) is 3.72. The van der Waals surface area contributed by atoms with Gasteiger partial charge >= 0.3 is 0 Å². The van der Waals surface area contributed by atoms with E-state index in [9.17, 15) is 5.11 Å². The third-order valence-electron chi connectivity index (χ3n) is 5.29. The molecule has 0 amide bonds. The number of hydrogen-bond donors (Lipinski definition) is 1. The van der Waals surface area contributed by atoms with Crippen molar-refractivity contribution in [3.63, 3.8) is 0 Å². The first-order valence-electron chi connectivity index (χ1n) is 9.75. The molecule has 1 saturated carbocycles. The van der Waals surface area contributed by atoms with Gasteiger partial charge in [0.25, 0.3) is 0 Å². The predicted molar refractivity (Wildman–Crippen MR) is 106 cm³/mol. The van der Waals surface area contributed by atoms with Crippen LogP contribution in [0.15, 0.2) is 71.8 Å². The number of benzene rings is 2. The van der Waals surface area contributed by atoms with Crippen molar-refractivity contribution < 1.29 is 5.11 Å². The van der Waals surface area contributed by atoms with Gasteiger partial charge in [0.05, 0.1) is 6.10 Å². The maximum Gasteiger partial charge on any atom is 0.0756 e. The molecule has 1 N–H and O–H groups in total. The maximum atomic E-state index is 10.8. The summed E-state index contributed by atoms with van der Waals surface area (Å²) < 4.78 is 0. The molecule has 1 aliphatic rings. The van der Waals surface area contributed by atoms with E-state index in [0.29, 0.717) is 5.92 Å². The van der Waals surface area contributed by atoms with E-state index in [1.165, 1.54) is 41.5 Å². The van der Waals surface area contributed by atoms with Crippen LogP contribution in [0.4, 0.5) is 0 Å². The molecular weight excluding hydrogens is 304 g/mol. The average Bonchev–Trinajstić information content (AvgIpc) is 3.40. The summed E-state index contributed by atoms with van der Waals surface area (Å²) in [5.74, 6) is 0.653. The Morgan fingerprint density at radius 3 is 2.28 bits per heavy atom. The molecule has 2 aromatic rings. The summed E-state index contributed by atoms with van der Waals surface area (Å²) in [6.45, 7) is 2.23. The first-order valence-corrected chi connectivity index (χ1v) is 9.75. The van der Waals surface area contributed by atoms with Crippen LogP contribution in [0.25, 0.3) is 0 Å². The number of aryl methyl sites for hydroxylation is 1. The van der Waals surface area contributed by atoms with Gasteiger partial charge in [-0.1, -0.05) is 79.6 Å². The Balaban J connectivity index is 1.63. The van der Waals surface area contributed by atoms with Gasteiger partial charge in [-0.05, 0) is 61.1 Å². The molecule has 1 nitrogen and oxygen atoms in total. The Kier molecular flexibility index (Phi) is 6.47. The van der Waals surface area contributed by atoms with Crippen LogP contribution in [0.2, 0.25) is 0 Å². The van der Waals surface area contributed by atoms with Crippen LogP contribution in [0, 0.1) is 5.92 Å². The molecule has 1 fully saturated rings. The van der Waals surface area contributed by atoms with Crippen LogP contribution in [0.3, 0.4) is 0 Å². The lowest BCUT2D eigenvalue weighted by Crippen LogP contribution is -2.12.